The van der Waals surface area contributed by atoms with Crippen LogP contribution < -0.4 is 0 Å². The molecule has 0 N–H and O–H groups in total. The number of rotatable bonds is 10. The molecule has 0 unspecified atom stereocenters. The van der Waals surface area contributed by atoms with Gasteiger partial charge >= 0.3 is 17.9 Å². The maximum Gasteiger partial charge on any atom is 0.330 e. The van der Waals surface area contributed by atoms with Crippen LogP contribution in [0.3, 0.4) is 0 Å². The summed E-state index contributed by atoms with van der Waals surface area (Å²) in [5.74, 6) is -1.74. The summed E-state index contributed by atoms with van der Waals surface area (Å²) >= 11 is 0. The molecular formula is C19H28O6. The zero-order chi connectivity index (χ0) is 18.9. The number of ether oxygens (including phenoxy) is 3. The molecule has 1 aliphatic carbocycles. The molecule has 0 aliphatic heterocycles. The Morgan fingerprint density at radius 2 is 1.48 bits per heavy atom. The van der Waals surface area contributed by atoms with Crippen LogP contribution in [0.4, 0.5) is 0 Å². The lowest BCUT2D eigenvalue weighted by molar-refractivity contribution is -0.172. The summed E-state index contributed by atoms with van der Waals surface area (Å²) in [6, 6.07) is 0. The molecule has 0 radical (unpaired) electrons. The molecule has 0 amide bonds. The highest BCUT2D eigenvalue weighted by molar-refractivity contribution is 6.00. The van der Waals surface area contributed by atoms with Gasteiger partial charge in [-0.25, -0.2) is 4.79 Å². The van der Waals surface area contributed by atoms with E-state index in [4.69, 9.17) is 14.2 Å². The van der Waals surface area contributed by atoms with Crippen LogP contribution in [0.15, 0.2) is 23.3 Å². The lowest BCUT2D eigenvalue weighted by Crippen LogP contribution is -2.42. The van der Waals surface area contributed by atoms with Gasteiger partial charge in [-0.3, -0.25) is 9.59 Å². The summed E-state index contributed by atoms with van der Waals surface area (Å²) in [4.78, 5) is 37.0. The molecule has 0 saturated heterocycles. The molecule has 0 atom stereocenters. The van der Waals surface area contributed by atoms with Gasteiger partial charge in [0.2, 0.25) is 0 Å². The van der Waals surface area contributed by atoms with E-state index in [0.717, 1.165) is 12.8 Å². The van der Waals surface area contributed by atoms with Gasteiger partial charge in [-0.15, -0.1) is 0 Å². The topological polar surface area (TPSA) is 78.9 Å². The molecule has 6 heteroatoms. The van der Waals surface area contributed by atoms with Gasteiger partial charge in [-0.05, 0) is 53.4 Å². The summed E-state index contributed by atoms with van der Waals surface area (Å²) in [5, 5.41) is 0. The smallest absolute Gasteiger partial charge is 0.330 e. The van der Waals surface area contributed by atoms with Gasteiger partial charge < -0.3 is 14.2 Å². The zero-order valence-electron chi connectivity index (χ0n) is 15.6. The summed E-state index contributed by atoms with van der Waals surface area (Å²) < 4.78 is 15.2. The predicted molar refractivity (Wildman–Crippen MR) is 92.6 cm³/mol. The van der Waals surface area contributed by atoms with Gasteiger partial charge in [-0.2, -0.15) is 0 Å². The highest BCUT2D eigenvalue weighted by Gasteiger charge is 2.48. The molecule has 1 aliphatic rings. The standard InChI is InChI=1S/C19H28O6/c1-5-23-16(20)12-14(4)13-19(17(21)24-6-2,18(22)25-7-3)11-10-15-8-9-15/h10,12H,5-9,11,13H2,1-4H3/b14-12-. The van der Waals surface area contributed by atoms with E-state index >= 15 is 0 Å². The van der Waals surface area contributed by atoms with E-state index in [1.54, 1.807) is 27.7 Å². The molecule has 6 nitrogen and oxygen atoms in total. The van der Waals surface area contributed by atoms with Crippen molar-refractivity contribution in [2.24, 2.45) is 5.41 Å². The van der Waals surface area contributed by atoms with Crippen molar-refractivity contribution in [1.29, 1.82) is 0 Å². The van der Waals surface area contributed by atoms with Crippen LogP contribution in [-0.4, -0.2) is 37.7 Å². The van der Waals surface area contributed by atoms with Crippen LogP contribution in [0.2, 0.25) is 0 Å². The highest BCUT2D eigenvalue weighted by Crippen LogP contribution is 2.38. The normalized spacial score (nSPS) is 13.9. The summed E-state index contributed by atoms with van der Waals surface area (Å²) in [6.07, 6.45) is 5.44. The van der Waals surface area contributed by atoms with Crippen LogP contribution in [0, 0.1) is 5.41 Å². The van der Waals surface area contributed by atoms with Crippen LogP contribution in [0.5, 0.6) is 0 Å². The largest absolute Gasteiger partial charge is 0.465 e. The van der Waals surface area contributed by atoms with E-state index < -0.39 is 23.3 Å². The van der Waals surface area contributed by atoms with E-state index in [0.29, 0.717) is 5.57 Å². The van der Waals surface area contributed by atoms with E-state index in [1.165, 1.54) is 11.6 Å². The quantitative estimate of drug-likeness (QED) is 0.198. The number of hydrogen-bond acceptors (Lipinski definition) is 6. The molecule has 0 bridgehead atoms. The molecule has 0 aromatic carbocycles. The third-order valence-corrected chi connectivity index (χ3v) is 3.84. The van der Waals surface area contributed by atoms with Gasteiger partial charge in [0, 0.05) is 6.08 Å². The molecule has 0 heterocycles. The van der Waals surface area contributed by atoms with Crippen molar-refractivity contribution in [2.45, 2.75) is 53.4 Å². The van der Waals surface area contributed by atoms with Gasteiger partial charge in [0.1, 0.15) is 0 Å². The van der Waals surface area contributed by atoms with Crippen molar-refractivity contribution >= 4 is 17.9 Å². The Bertz CT molecular complexity index is 534. The second-order valence-corrected chi connectivity index (χ2v) is 6.01. The average Bonchev–Trinajstić information content (AvgIpc) is 3.36. The molecule has 1 rings (SSSR count). The second kappa shape index (κ2) is 10.0. The molecule has 1 fully saturated rings. The van der Waals surface area contributed by atoms with Gasteiger partial charge in [0.05, 0.1) is 19.8 Å². The Hall–Kier alpha value is -2.11. The lowest BCUT2D eigenvalue weighted by Gasteiger charge is -2.28. The first-order chi connectivity index (χ1) is 11.9. The third kappa shape index (κ3) is 6.36. The Morgan fingerprint density at radius 3 is 1.92 bits per heavy atom. The van der Waals surface area contributed by atoms with E-state index in [-0.39, 0.29) is 32.7 Å². The molecule has 140 valence electrons. The maximum atomic E-state index is 12.7. The first-order valence-electron chi connectivity index (χ1n) is 8.75. The van der Waals surface area contributed by atoms with Crippen LogP contribution in [0.25, 0.3) is 0 Å². The number of esters is 3. The van der Waals surface area contributed by atoms with Crippen LogP contribution in [0.1, 0.15) is 53.4 Å². The van der Waals surface area contributed by atoms with Crippen molar-refractivity contribution < 1.29 is 28.6 Å². The average molecular weight is 352 g/mol. The first kappa shape index (κ1) is 20.9. The number of allylic oxidation sites excluding steroid dienone is 3. The minimum Gasteiger partial charge on any atom is -0.465 e. The van der Waals surface area contributed by atoms with Crippen LogP contribution in [-0.2, 0) is 28.6 Å². The zero-order valence-corrected chi connectivity index (χ0v) is 15.6. The van der Waals surface area contributed by atoms with Crippen molar-refractivity contribution in [3.63, 3.8) is 0 Å². The molecule has 0 aromatic rings. The molecule has 0 spiro atoms. The summed E-state index contributed by atoms with van der Waals surface area (Å²) in [6.45, 7) is 7.37. The molecule has 25 heavy (non-hydrogen) atoms. The van der Waals surface area contributed by atoms with Gasteiger partial charge in [0.15, 0.2) is 5.41 Å². The number of carbonyl (C=O) groups excluding carboxylic acids is 3. The highest BCUT2D eigenvalue weighted by atomic mass is 16.6. The molecule has 0 aromatic heterocycles. The minimum atomic E-state index is -1.48. The fourth-order valence-electron chi connectivity index (χ4n) is 2.51. The molecule has 1 saturated carbocycles. The number of hydrogen-bond donors (Lipinski definition) is 0. The van der Waals surface area contributed by atoms with E-state index in [9.17, 15) is 14.4 Å². The summed E-state index contributed by atoms with van der Waals surface area (Å²) in [7, 11) is 0. The maximum absolute atomic E-state index is 12.7. The Labute approximate surface area is 149 Å². The van der Waals surface area contributed by atoms with Crippen molar-refractivity contribution in [3.8, 4) is 0 Å². The Morgan fingerprint density at radius 1 is 0.960 bits per heavy atom. The monoisotopic (exact) mass is 352 g/mol. The van der Waals surface area contributed by atoms with Crippen LogP contribution >= 0.6 is 0 Å². The lowest BCUT2D eigenvalue weighted by atomic mass is 9.78. The van der Waals surface area contributed by atoms with Crippen molar-refractivity contribution in [2.75, 3.05) is 19.8 Å². The van der Waals surface area contributed by atoms with E-state index in [2.05, 4.69) is 0 Å². The van der Waals surface area contributed by atoms with Crippen molar-refractivity contribution in [3.05, 3.63) is 23.3 Å². The predicted octanol–water partition coefficient (Wildman–Crippen LogP) is 3.11. The van der Waals surface area contributed by atoms with E-state index in [1.807, 2.05) is 6.08 Å². The first-order valence-corrected chi connectivity index (χ1v) is 8.75. The Kier molecular flexibility index (Phi) is 8.38. The second-order valence-electron chi connectivity index (χ2n) is 6.01. The fourth-order valence-corrected chi connectivity index (χ4v) is 2.51. The minimum absolute atomic E-state index is 0.0489. The van der Waals surface area contributed by atoms with Gasteiger partial charge in [0.25, 0.3) is 0 Å². The Balaban J connectivity index is 3.15. The van der Waals surface area contributed by atoms with Crippen molar-refractivity contribution in [1.82, 2.24) is 0 Å². The third-order valence-electron chi connectivity index (χ3n) is 3.84. The van der Waals surface area contributed by atoms with Gasteiger partial charge in [-0.1, -0.05) is 17.2 Å². The summed E-state index contributed by atoms with van der Waals surface area (Å²) in [5.41, 5.74) is 0.299. The molecular weight excluding hydrogens is 324 g/mol. The number of carbonyl (C=O) groups is 3. The fraction of sp³-hybridized carbons (Fsp3) is 0.632. The SMILES string of the molecule is CCOC(=O)/C=C(/C)CC(CC=C1CC1)(C(=O)OCC)C(=O)OCC.